The van der Waals surface area contributed by atoms with E-state index in [0.717, 1.165) is 42.0 Å². The van der Waals surface area contributed by atoms with Gasteiger partial charge in [-0.05, 0) is 24.1 Å². The van der Waals surface area contributed by atoms with Gasteiger partial charge in [0.05, 0.1) is 18.9 Å². The molecular weight excluding hydrogens is 404 g/mol. The second kappa shape index (κ2) is 8.55. The van der Waals surface area contributed by atoms with E-state index >= 15 is 0 Å². The van der Waals surface area contributed by atoms with Gasteiger partial charge in [-0.15, -0.1) is 15.3 Å². The molecule has 1 saturated heterocycles. The first-order valence-electron chi connectivity index (χ1n) is 8.73. The van der Waals surface area contributed by atoms with Crippen LogP contribution in [0.3, 0.4) is 0 Å². The van der Waals surface area contributed by atoms with Crippen molar-refractivity contribution in [2.75, 3.05) is 31.2 Å². The van der Waals surface area contributed by atoms with Gasteiger partial charge in [-0.3, -0.25) is 4.57 Å². The second-order valence-corrected chi connectivity index (χ2v) is 8.32. The molecule has 27 heavy (non-hydrogen) atoms. The fraction of sp³-hybridized carbons (Fsp3) is 0.412. The molecule has 142 valence electrons. The maximum absolute atomic E-state index is 6.14. The summed E-state index contributed by atoms with van der Waals surface area (Å²) in [6.45, 7) is 5.16. The number of aryl methyl sites for hydroxylation is 1. The molecule has 0 spiro atoms. The van der Waals surface area contributed by atoms with E-state index in [2.05, 4.69) is 60.4 Å². The first kappa shape index (κ1) is 18.7. The van der Waals surface area contributed by atoms with Crippen LogP contribution in [0.1, 0.15) is 18.2 Å². The smallest absolute Gasteiger partial charge is 0.232 e. The number of anilines is 1. The largest absolute Gasteiger partial charge is 0.378 e. The van der Waals surface area contributed by atoms with Crippen LogP contribution in [0.5, 0.6) is 0 Å². The van der Waals surface area contributed by atoms with Gasteiger partial charge >= 0.3 is 0 Å². The van der Waals surface area contributed by atoms with Crippen molar-refractivity contribution in [1.29, 1.82) is 0 Å². The van der Waals surface area contributed by atoms with Gasteiger partial charge < -0.3 is 9.64 Å². The van der Waals surface area contributed by atoms with Crippen LogP contribution in [0.25, 0.3) is 5.69 Å². The maximum atomic E-state index is 6.14. The van der Waals surface area contributed by atoms with E-state index in [0.29, 0.717) is 23.3 Å². The fourth-order valence-corrected chi connectivity index (χ4v) is 4.56. The molecule has 0 bridgehead atoms. The lowest BCUT2D eigenvalue weighted by atomic mass is 10.1. The topological polar surface area (TPSA) is 69.0 Å². The fourth-order valence-electron chi connectivity index (χ4n) is 2.88. The molecule has 0 saturated carbocycles. The van der Waals surface area contributed by atoms with Gasteiger partial charge in [0.15, 0.2) is 5.16 Å². The maximum Gasteiger partial charge on any atom is 0.232 e. The number of aromatic nitrogens is 5. The normalized spacial score (nSPS) is 14.7. The lowest BCUT2D eigenvalue weighted by molar-refractivity contribution is 0.122. The van der Waals surface area contributed by atoms with Gasteiger partial charge in [0, 0.05) is 30.4 Å². The number of thioether (sulfide) groups is 1. The average molecular weight is 423 g/mol. The number of ether oxygens (including phenoxy) is 1. The predicted molar refractivity (Wildman–Crippen MR) is 108 cm³/mol. The van der Waals surface area contributed by atoms with Crippen molar-refractivity contribution >= 4 is 40.8 Å². The van der Waals surface area contributed by atoms with Crippen LogP contribution in [-0.4, -0.2) is 50.7 Å². The second-order valence-electron chi connectivity index (χ2n) is 6.02. The molecule has 3 aromatic rings. The van der Waals surface area contributed by atoms with Crippen molar-refractivity contribution in [2.45, 2.75) is 24.3 Å². The molecule has 0 aliphatic carbocycles. The summed E-state index contributed by atoms with van der Waals surface area (Å²) in [7, 11) is 0. The zero-order chi connectivity index (χ0) is 18.6. The van der Waals surface area contributed by atoms with Crippen molar-refractivity contribution in [2.24, 2.45) is 0 Å². The molecule has 7 nitrogen and oxygen atoms in total. The SMILES string of the molecule is CCc1cccc(-n2c(SCc3nnsc3Cl)nnc2N2CCOCC2)c1. The molecule has 0 atom stereocenters. The Morgan fingerprint density at radius 2 is 2.07 bits per heavy atom. The molecule has 0 radical (unpaired) electrons. The summed E-state index contributed by atoms with van der Waals surface area (Å²) in [5.74, 6) is 1.45. The highest BCUT2D eigenvalue weighted by Gasteiger charge is 2.22. The zero-order valence-electron chi connectivity index (χ0n) is 14.8. The van der Waals surface area contributed by atoms with E-state index in [1.54, 1.807) is 11.8 Å². The van der Waals surface area contributed by atoms with Crippen LogP contribution in [0.4, 0.5) is 5.95 Å². The summed E-state index contributed by atoms with van der Waals surface area (Å²) in [5, 5.41) is 13.9. The Balaban J connectivity index is 1.69. The van der Waals surface area contributed by atoms with Gasteiger partial charge in [0.1, 0.15) is 10.0 Å². The van der Waals surface area contributed by atoms with E-state index in [-0.39, 0.29) is 0 Å². The highest BCUT2D eigenvalue weighted by Crippen LogP contribution is 2.31. The molecule has 1 aromatic carbocycles. The summed E-state index contributed by atoms with van der Waals surface area (Å²) >= 11 is 8.91. The van der Waals surface area contributed by atoms with E-state index in [1.807, 2.05) is 0 Å². The molecule has 3 heterocycles. The van der Waals surface area contributed by atoms with E-state index in [1.165, 1.54) is 17.1 Å². The van der Waals surface area contributed by atoms with Gasteiger partial charge in [-0.25, -0.2) is 0 Å². The third kappa shape index (κ3) is 4.11. The minimum Gasteiger partial charge on any atom is -0.378 e. The Labute approximate surface area is 170 Å². The standard InChI is InChI=1S/C17H19ClN6OS2/c1-2-12-4-3-5-13(10-12)24-16(23-6-8-25-9-7-23)20-21-17(24)26-11-14-15(18)27-22-19-14/h3-5,10H,2,6-9,11H2,1H3. The Bertz CT molecular complexity index is 908. The van der Waals surface area contributed by atoms with Crippen LogP contribution >= 0.6 is 34.9 Å². The third-order valence-electron chi connectivity index (χ3n) is 4.33. The number of benzene rings is 1. The minimum absolute atomic E-state index is 0.601. The number of morpholine rings is 1. The molecule has 10 heteroatoms. The van der Waals surface area contributed by atoms with E-state index < -0.39 is 0 Å². The van der Waals surface area contributed by atoms with E-state index in [4.69, 9.17) is 16.3 Å². The van der Waals surface area contributed by atoms with E-state index in [9.17, 15) is 0 Å². The molecule has 1 aliphatic rings. The van der Waals surface area contributed by atoms with Crippen LogP contribution in [0.15, 0.2) is 29.4 Å². The van der Waals surface area contributed by atoms with Crippen LogP contribution in [0.2, 0.25) is 4.34 Å². The number of nitrogens with zero attached hydrogens (tertiary/aromatic N) is 6. The van der Waals surface area contributed by atoms with Crippen LogP contribution < -0.4 is 4.90 Å². The Morgan fingerprint density at radius 3 is 2.81 bits per heavy atom. The van der Waals surface area contributed by atoms with Crippen molar-refractivity contribution < 1.29 is 4.74 Å². The number of halogens is 1. The van der Waals surface area contributed by atoms with Crippen molar-refractivity contribution in [3.63, 3.8) is 0 Å². The summed E-state index contributed by atoms with van der Waals surface area (Å²) in [6.07, 6.45) is 0.978. The highest BCUT2D eigenvalue weighted by molar-refractivity contribution is 7.98. The quantitative estimate of drug-likeness (QED) is 0.563. The Morgan fingerprint density at radius 1 is 1.22 bits per heavy atom. The monoisotopic (exact) mass is 422 g/mol. The first-order chi connectivity index (χ1) is 13.3. The van der Waals surface area contributed by atoms with Gasteiger partial charge in [0.25, 0.3) is 0 Å². The van der Waals surface area contributed by atoms with Crippen molar-refractivity contribution in [3.8, 4) is 5.69 Å². The van der Waals surface area contributed by atoms with Gasteiger partial charge in [-0.1, -0.05) is 46.9 Å². The molecule has 1 fully saturated rings. The van der Waals surface area contributed by atoms with Gasteiger partial charge in [0.2, 0.25) is 5.95 Å². The molecule has 2 aromatic heterocycles. The van der Waals surface area contributed by atoms with Crippen LogP contribution in [-0.2, 0) is 16.9 Å². The summed E-state index contributed by atoms with van der Waals surface area (Å²) in [5.41, 5.74) is 3.11. The number of hydrogen-bond donors (Lipinski definition) is 0. The van der Waals surface area contributed by atoms with Gasteiger partial charge in [-0.2, -0.15) is 0 Å². The first-order valence-corrected chi connectivity index (χ1v) is 10.9. The van der Waals surface area contributed by atoms with Crippen molar-refractivity contribution in [3.05, 3.63) is 39.9 Å². The molecule has 0 unspecified atom stereocenters. The highest BCUT2D eigenvalue weighted by atomic mass is 35.5. The minimum atomic E-state index is 0.601. The lowest BCUT2D eigenvalue weighted by Gasteiger charge is -2.28. The number of rotatable bonds is 6. The molecular formula is C17H19ClN6OS2. The number of hydrogen-bond acceptors (Lipinski definition) is 8. The Hall–Kier alpha value is -1.68. The molecule has 0 N–H and O–H groups in total. The molecule has 0 amide bonds. The average Bonchev–Trinajstić information content (AvgIpc) is 3.33. The van der Waals surface area contributed by atoms with Crippen molar-refractivity contribution in [1.82, 2.24) is 24.4 Å². The molecule has 4 rings (SSSR count). The predicted octanol–water partition coefficient (Wildman–Crippen LogP) is 3.46. The zero-order valence-corrected chi connectivity index (χ0v) is 17.2. The summed E-state index contributed by atoms with van der Waals surface area (Å²) in [4.78, 5) is 2.22. The Kier molecular flexibility index (Phi) is 5.92. The molecule has 1 aliphatic heterocycles. The van der Waals surface area contributed by atoms with Crippen LogP contribution in [0, 0.1) is 0 Å². The summed E-state index contributed by atoms with van der Waals surface area (Å²) < 4.78 is 12.1. The summed E-state index contributed by atoms with van der Waals surface area (Å²) in [6, 6.07) is 8.49. The lowest BCUT2D eigenvalue weighted by Crippen LogP contribution is -2.37. The third-order valence-corrected chi connectivity index (χ3v) is 6.26.